The molecule has 4 amide bonds. The maximum Gasteiger partial charge on any atom is 0.321 e. The lowest BCUT2D eigenvalue weighted by Gasteiger charge is -2.32. The largest absolute Gasteiger partial charge is 0.349 e. The molecule has 0 spiro atoms. The van der Waals surface area contributed by atoms with Crippen LogP contribution in [0.4, 0.5) is 16.2 Å². The molecule has 9 heteroatoms. The summed E-state index contributed by atoms with van der Waals surface area (Å²) in [6.07, 6.45) is 5.08. The van der Waals surface area contributed by atoms with Crippen LogP contribution in [0, 0.1) is 5.92 Å². The fraction of sp³-hybridized carbons (Fsp3) is 0.455. The van der Waals surface area contributed by atoms with E-state index in [4.69, 9.17) is 0 Å². The highest BCUT2D eigenvalue weighted by molar-refractivity contribution is 5.94. The zero-order chi connectivity index (χ0) is 22.4. The summed E-state index contributed by atoms with van der Waals surface area (Å²) in [5.41, 5.74) is 1.90. The second kappa shape index (κ2) is 10.1. The van der Waals surface area contributed by atoms with Crippen molar-refractivity contribution in [2.24, 2.45) is 13.0 Å². The number of rotatable bonds is 6. The van der Waals surface area contributed by atoms with Gasteiger partial charge in [-0.3, -0.25) is 14.3 Å². The van der Waals surface area contributed by atoms with Crippen molar-refractivity contribution in [2.45, 2.75) is 39.2 Å². The van der Waals surface area contributed by atoms with E-state index in [-0.39, 0.29) is 23.9 Å². The first-order chi connectivity index (χ1) is 14.8. The molecule has 3 N–H and O–H groups in total. The zero-order valence-corrected chi connectivity index (χ0v) is 18.2. The number of amides is 4. The Morgan fingerprint density at radius 1 is 1.06 bits per heavy atom. The number of likely N-dealkylation sites (tertiary alicyclic amines) is 1. The van der Waals surface area contributed by atoms with Crippen molar-refractivity contribution in [1.29, 1.82) is 0 Å². The third kappa shape index (κ3) is 6.56. The second-order valence-electron chi connectivity index (χ2n) is 8.29. The van der Waals surface area contributed by atoms with Gasteiger partial charge < -0.3 is 20.9 Å². The highest BCUT2D eigenvalue weighted by atomic mass is 16.2. The topological polar surface area (TPSA) is 108 Å². The number of piperidine rings is 1. The summed E-state index contributed by atoms with van der Waals surface area (Å²) in [7, 11) is 1.77. The standard InChI is InChI=1S/C22H30N6O3/c1-15(2)12-20(29)24-17-4-6-18(7-5-17)26-22(31)28-10-8-19(9-11-28)25-21(30)16-13-23-27(3)14-16/h4-7,13-15,19H,8-12H2,1-3H3,(H,24,29)(H,25,30)(H,26,31). The lowest BCUT2D eigenvalue weighted by atomic mass is 10.0. The van der Waals surface area contributed by atoms with E-state index in [1.807, 2.05) is 13.8 Å². The van der Waals surface area contributed by atoms with Crippen molar-refractivity contribution in [3.8, 4) is 0 Å². The lowest BCUT2D eigenvalue weighted by Crippen LogP contribution is -2.47. The molecular formula is C22H30N6O3. The van der Waals surface area contributed by atoms with Crippen molar-refractivity contribution < 1.29 is 14.4 Å². The van der Waals surface area contributed by atoms with Gasteiger partial charge in [0.2, 0.25) is 5.91 Å². The first-order valence-corrected chi connectivity index (χ1v) is 10.6. The van der Waals surface area contributed by atoms with Crippen LogP contribution < -0.4 is 16.0 Å². The number of carbonyl (C=O) groups is 3. The minimum atomic E-state index is -0.173. The summed E-state index contributed by atoms with van der Waals surface area (Å²) >= 11 is 0. The molecule has 0 bridgehead atoms. The van der Waals surface area contributed by atoms with E-state index in [9.17, 15) is 14.4 Å². The molecule has 9 nitrogen and oxygen atoms in total. The summed E-state index contributed by atoms with van der Waals surface area (Å²) in [4.78, 5) is 38.4. The van der Waals surface area contributed by atoms with Crippen molar-refractivity contribution >= 4 is 29.2 Å². The summed E-state index contributed by atoms with van der Waals surface area (Å²) in [6.45, 7) is 5.12. The van der Waals surface area contributed by atoms with Crippen LogP contribution in [0.2, 0.25) is 0 Å². The number of nitrogens with one attached hydrogen (secondary N) is 3. The molecule has 0 aliphatic carbocycles. The monoisotopic (exact) mass is 426 g/mol. The first-order valence-electron chi connectivity index (χ1n) is 10.6. The van der Waals surface area contributed by atoms with Gasteiger partial charge in [0, 0.05) is 50.2 Å². The summed E-state index contributed by atoms with van der Waals surface area (Å²) < 4.78 is 1.59. The fourth-order valence-corrected chi connectivity index (χ4v) is 3.46. The zero-order valence-electron chi connectivity index (χ0n) is 18.2. The third-order valence-corrected chi connectivity index (χ3v) is 5.10. The van der Waals surface area contributed by atoms with E-state index in [1.54, 1.807) is 53.3 Å². The lowest BCUT2D eigenvalue weighted by molar-refractivity contribution is -0.116. The van der Waals surface area contributed by atoms with E-state index in [0.717, 1.165) is 0 Å². The molecule has 0 saturated carbocycles. The van der Waals surface area contributed by atoms with Crippen molar-refractivity contribution in [3.05, 3.63) is 42.2 Å². The van der Waals surface area contributed by atoms with Crippen LogP contribution in [0.1, 0.15) is 43.5 Å². The molecule has 1 saturated heterocycles. The highest BCUT2D eigenvalue weighted by Gasteiger charge is 2.24. The van der Waals surface area contributed by atoms with Gasteiger partial charge in [-0.2, -0.15) is 5.10 Å². The van der Waals surface area contributed by atoms with Crippen LogP contribution in [0.5, 0.6) is 0 Å². The Morgan fingerprint density at radius 3 is 2.23 bits per heavy atom. The molecule has 0 atom stereocenters. The number of anilines is 2. The Labute approximate surface area is 182 Å². The number of hydrogen-bond acceptors (Lipinski definition) is 4. The van der Waals surface area contributed by atoms with E-state index < -0.39 is 0 Å². The van der Waals surface area contributed by atoms with Crippen molar-refractivity contribution in [1.82, 2.24) is 20.0 Å². The first kappa shape index (κ1) is 22.3. The molecule has 1 fully saturated rings. The van der Waals surface area contributed by atoms with Gasteiger partial charge in [0.1, 0.15) is 0 Å². The SMILES string of the molecule is CC(C)CC(=O)Nc1ccc(NC(=O)N2CCC(NC(=O)c3cnn(C)c3)CC2)cc1. The van der Waals surface area contributed by atoms with Crippen LogP contribution in [-0.4, -0.2) is 51.7 Å². The average Bonchev–Trinajstić information content (AvgIpc) is 3.16. The number of urea groups is 1. The van der Waals surface area contributed by atoms with E-state index in [1.165, 1.54) is 0 Å². The van der Waals surface area contributed by atoms with Gasteiger partial charge in [0.25, 0.3) is 5.91 Å². The molecule has 1 aromatic heterocycles. The van der Waals surface area contributed by atoms with Gasteiger partial charge in [-0.05, 0) is 43.0 Å². The molecule has 2 aromatic rings. The minimum Gasteiger partial charge on any atom is -0.349 e. The van der Waals surface area contributed by atoms with Crippen molar-refractivity contribution in [3.63, 3.8) is 0 Å². The van der Waals surface area contributed by atoms with E-state index >= 15 is 0 Å². The predicted molar refractivity (Wildman–Crippen MR) is 119 cm³/mol. The van der Waals surface area contributed by atoms with Crippen LogP contribution in [0.3, 0.4) is 0 Å². The molecule has 1 aliphatic heterocycles. The number of nitrogens with zero attached hydrogens (tertiary/aromatic N) is 3. The predicted octanol–water partition coefficient (Wildman–Crippen LogP) is 2.83. The second-order valence-corrected chi connectivity index (χ2v) is 8.29. The highest BCUT2D eigenvalue weighted by Crippen LogP contribution is 2.17. The van der Waals surface area contributed by atoms with Gasteiger partial charge in [0.15, 0.2) is 0 Å². The smallest absolute Gasteiger partial charge is 0.321 e. The Morgan fingerprint density at radius 2 is 1.68 bits per heavy atom. The Kier molecular flexibility index (Phi) is 7.28. The van der Waals surface area contributed by atoms with Crippen LogP contribution in [0.25, 0.3) is 0 Å². The molecular weight excluding hydrogens is 396 g/mol. The van der Waals surface area contributed by atoms with Gasteiger partial charge in [-0.15, -0.1) is 0 Å². The number of aromatic nitrogens is 2. The van der Waals surface area contributed by atoms with E-state index in [2.05, 4.69) is 21.0 Å². The molecule has 1 aromatic carbocycles. The van der Waals surface area contributed by atoms with Crippen molar-refractivity contribution in [2.75, 3.05) is 23.7 Å². The summed E-state index contributed by atoms with van der Waals surface area (Å²) in [5, 5.41) is 12.7. The Balaban J connectivity index is 1.43. The molecule has 3 rings (SSSR count). The van der Waals surface area contributed by atoms with Gasteiger partial charge in [-0.1, -0.05) is 13.8 Å². The molecule has 1 aliphatic rings. The molecule has 0 unspecified atom stereocenters. The molecule has 31 heavy (non-hydrogen) atoms. The van der Waals surface area contributed by atoms with Crippen LogP contribution >= 0.6 is 0 Å². The van der Waals surface area contributed by atoms with Gasteiger partial charge >= 0.3 is 6.03 Å². The fourth-order valence-electron chi connectivity index (χ4n) is 3.46. The summed E-state index contributed by atoms with van der Waals surface area (Å²) in [6, 6.07) is 6.94. The number of hydrogen-bond donors (Lipinski definition) is 3. The van der Waals surface area contributed by atoms with Gasteiger partial charge in [0.05, 0.1) is 11.8 Å². The minimum absolute atomic E-state index is 0.0229. The molecule has 0 radical (unpaired) electrons. The van der Waals surface area contributed by atoms with Gasteiger partial charge in [-0.25, -0.2) is 4.79 Å². The summed E-state index contributed by atoms with van der Waals surface area (Å²) in [5.74, 6) is 0.133. The normalized spacial score (nSPS) is 14.4. The van der Waals surface area contributed by atoms with E-state index in [0.29, 0.717) is 55.2 Å². The number of aryl methyl sites for hydroxylation is 1. The third-order valence-electron chi connectivity index (χ3n) is 5.10. The number of benzene rings is 1. The maximum absolute atomic E-state index is 12.6. The quantitative estimate of drug-likeness (QED) is 0.660. The molecule has 2 heterocycles. The Bertz CT molecular complexity index is 914. The maximum atomic E-state index is 12.6. The average molecular weight is 427 g/mol. The van der Waals surface area contributed by atoms with Crippen LogP contribution in [0.15, 0.2) is 36.7 Å². The Hall–Kier alpha value is -3.36. The molecule has 166 valence electrons. The number of carbonyl (C=O) groups excluding carboxylic acids is 3. The van der Waals surface area contributed by atoms with Crippen LogP contribution in [-0.2, 0) is 11.8 Å².